The zero-order valence-corrected chi connectivity index (χ0v) is 17.5. The molecule has 2 atom stereocenters. The highest BCUT2D eigenvalue weighted by atomic mass is 32.2. The lowest BCUT2D eigenvalue weighted by atomic mass is 10.1. The third kappa shape index (κ3) is 3.32. The average Bonchev–Trinajstić information content (AvgIpc) is 3.49. The molecule has 4 aromatic rings. The first kappa shape index (κ1) is 19.0. The van der Waals surface area contributed by atoms with Crippen LogP contribution in [-0.2, 0) is 16.6 Å². The lowest BCUT2D eigenvalue weighted by Crippen LogP contribution is -2.34. The number of H-pyrrole nitrogens is 1. The summed E-state index contributed by atoms with van der Waals surface area (Å²) in [5, 5.41) is 6.84. The normalized spacial score (nSPS) is 20.2. The maximum absolute atomic E-state index is 13.1. The summed E-state index contributed by atoms with van der Waals surface area (Å²) in [6.07, 6.45) is 6.33. The Kier molecular flexibility index (Phi) is 4.67. The topological polar surface area (TPSA) is 83.9 Å². The number of aromatic amines is 1. The number of benzene rings is 2. The monoisotopic (exact) mass is 421 g/mol. The molecule has 7 nitrogen and oxygen atoms in total. The maximum Gasteiger partial charge on any atom is 0.243 e. The molecular formula is C22H23N5O2S. The summed E-state index contributed by atoms with van der Waals surface area (Å²) in [4.78, 5) is 4.92. The number of rotatable bonds is 5. The molecule has 154 valence electrons. The van der Waals surface area contributed by atoms with Gasteiger partial charge < -0.3 is 4.57 Å². The van der Waals surface area contributed by atoms with Crippen LogP contribution in [0.25, 0.3) is 22.2 Å². The summed E-state index contributed by atoms with van der Waals surface area (Å²) in [5.41, 5.74) is 4.07. The van der Waals surface area contributed by atoms with Crippen LogP contribution in [0, 0.1) is 5.92 Å². The third-order valence-corrected chi connectivity index (χ3v) is 7.86. The molecule has 0 spiro atoms. The first-order chi connectivity index (χ1) is 14.5. The van der Waals surface area contributed by atoms with Crippen LogP contribution in [0.5, 0.6) is 0 Å². The average molecular weight is 422 g/mol. The number of sulfonamides is 1. The van der Waals surface area contributed by atoms with Crippen LogP contribution in [0.2, 0.25) is 0 Å². The molecule has 1 aliphatic heterocycles. The molecule has 30 heavy (non-hydrogen) atoms. The molecule has 8 heteroatoms. The van der Waals surface area contributed by atoms with Crippen LogP contribution in [0.15, 0.2) is 72.1 Å². The van der Waals surface area contributed by atoms with Crippen LogP contribution < -0.4 is 0 Å². The quantitative estimate of drug-likeness (QED) is 0.534. The maximum atomic E-state index is 13.1. The molecule has 1 saturated heterocycles. The van der Waals surface area contributed by atoms with Crippen molar-refractivity contribution < 1.29 is 8.42 Å². The van der Waals surface area contributed by atoms with E-state index in [9.17, 15) is 8.42 Å². The van der Waals surface area contributed by atoms with Crippen molar-refractivity contribution in [3.63, 3.8) is 0 Å². The molecule has 0 unspecified atom stereocenters. The molecule has 2 aromatic carbocycles. The Bertz CT molecular complexity index is 1270. The van der Waals surface area contributed by atoms with Crippen molar-refractivity contribution >= 4 is 21.1 Å². The molecule has 1 aliphatic rings. The molecule has 3 heterocycles. The van der Waals surface area contributed by atoms with Gasteiger partial charge in [0.15, 0.2) is 0 Å². The van der Waals surface area contributed by atoms with Crippen LogP contribution in [0.3, 0.4) is 0 Å². The van der Waals surface area contributed by atoms with Gasteiger partial charge in [-0.15, -0.1) is 0 Å². The Labute approximate surface area is 175 Å². The number of fused-ring (bicyclic) bond motifs is 1. The van der Waals surface area contributed by atoms with Gasteiger partial charge in [-0.05, 0) is 49.1 Å². The molecule has 5 rings (SSSR count). The van der Waals surface area contributed by atoms with Gasteiger partial charge in [-0.3, -0.25) is 5.10 Å². The second-order valence-electron chi connectivity index (χ2n) is 7.93. The van der Waals surface area contributed by atoms with Crippen molar-refractivity contribution in [3.8, 4) is 11.1 Å². The smallest absolute Gasteiger partial charge is 0.243 e. The molecule has 0 amide bonds. The van der Waals surface area contributed by atoms with Crippen molar-refractivity contribution in [2.45, 2.75) is 30.8 Å². The number of nitrogens with one attached hydrogen (secondary N) is 1. The van der Waals surface area contributed by atoms with E-state index < -0.39 is 10.0 Å². The van der Waals surface area contributed by atoms with Gasteiger partial charge >= 0.3 is 0 Å². The van der Waals surface area contributed by atoms with E-state index in [2.05, 4.69) is 37.9 Å². The largest absolute Gasteiger partial charge is 0.330 e. The summed E-state index contributed by atoms with van der Waals surface area (Å²) in [6.45, 7) is 3.25. The molecule has 2 aromatic heterocycles. The molecule has 0 bridgehead atoms. The van der Waals surface area contributed by atoms with Crippen LogP contribution in [0.4, 0.5) is 0 Å². The Morgan fingerprint density at radius 2 is 1.97 bits per heavy atom. The first-order valence-electron chi connectivity index (χ1n) is 10.0. The summed E-state index contributed by atoms with van der Waals surface area (Å²) in [6, 6.07) is 14.9. The van der Waals surface area contributed by atoms with Crippen LogP contribution in [0.1, 0.15) is 13.3 Å². The zero-order valence-electron chi connectivity index (χ0n) is 16.6. The Balaban J connectivity index is 1.36. The molecule has 0 aliphatic carbocycles. The van der Waals surface area contributed by atoms with Crippen LogP contribution >= 0.6 is 0 Å². The highest BCUT2D eigenvalue weighted by molar-refractivity contribution is 7.89. The van der Waals surface area contributed by atoms with Gasteiger partial charge in [0.1, 0.15) is 0 Å². The number of hydrogen-bond acceptors (Lipinski definition) is 4. The van der Waals surface area contributed by atoms with Gasteiger partial charge in [-0.25, -0.2) is 13.4 Å². The predicted molar refractivity (Wildman–Crippen MR) is 115 cm³/mol. The van der Waals surface area contributed by atoms with E-state index in [-0.39, 0.29) is 12.0 Å². The van der Waals surface area contributed by atoms with E-state index in [0.29, 0.717) is 11.4 Å². The number of imidazole rings is 1. The highest BCUT2D eigenvalue weighted by Gasteiger charge is 2.37. The SMILES string of the molecule is C[C@@H]1C[C@@H](Cn2cnc3cc(-c4cn[nH]c4)ccc32)CN1S(=O)(=O)c1ccccc1. The standard InChI is InChI=1S/C22H23N5O2S/c1-16-9-17(14-27(16)30(28,29)20-5-3-2-4-6-20)13-26-15-23-21-10-18(7-8-22(21)26)19-11-24-25-12-19/h2-8,10-12,15-17H,9,13-14H2,1H3,(H,24,25)/t16-,17+/m1/s1. The van der Waals surface area contributed by atoms with Crippen molar-refractivity contribution in [3.05, 3.63) is 67.3 Å². The minimum atomic E-state index is -3.47. The van der Waals surface area contributed by atoms with Gasteiger partial charge in [0.05, 0.1) is 28.5 Å². The Morgan fingerprint density at radius 3 is 2.73 bits per heavy atom. The molecule has 1 N–H and O–H groups in total. The van der Waals surface area contributed by atoms with E-state index >= 15 is 0 Å². The van der Waals surface area contributed by atoms with E-state index in [1.807, 2.05) is 25.5 Å². The molecule has 1 fully saturated rings. The summed E-state index contributed by atoms with van der Waals surface area (Å²) >= 11 is 0. The van der Waals surface area contributed by atoms with Crippen molar-refractivity contribution in [1.29, 1.82) is 0 Å². The van der Waals surface area contributed by atoms with E-state index in [1.165, 1.54) is 0 Å². The summed E-state index contributed by atoms with van der Waals surface area (Å²) in [7, 11) is -3.47. The van der Waals surface area contributed by atoms with Gasteiger partial charge in [0.25, 0.3) is 0 Å². The second kappa shape index (κ2) is 7.37. The van der Waals surface area contributed by atoms with Gasteiger partial charge in [0.2, 0.25) is 10.0 Å². The number of aromatic nitrogens is 4. The molecular weight excluding hydrogens is 398 g/mol. The van der Waals surface area contributed by atoms with Crippen molar-refractivity contribution in [2.24, 2.45) is 5.92 Å². The first-order valence-corrected chi connectivity index (χ1v) is 11.5. The van der Waals surface area contributed by atoms with E-state index in [0.717, 1.165) is 35.1 Å². The lowest BCUT2D eigenvalue weighted by Gasteiger charge is -2.21. The van der Waals surface area contributed by atoms with E-state index in [1.54, 1.807) is 34.8 Å². The van der Waals surface area contributed by atoms with E-state index in [4.69, 9.17) is 0 Å². The zero-order chi connectivity index (χ0) is 20.7. The third-order valence-electron chi connectivity index (χ3n) is 5.86. The lowest BCUT2D eigenvalue weighted by molar-refractivity contribution is 0.399. The number of hydrogen-bond donors (Lipinski definition) is 1. The van der Waals surface area contributed by atoms with Crippen molar-refractivity contribution in [1.82, 2.24) is 24.1 Å². The summed E-state index contributed by atoms with van der Waals surface area (Å²) < 4.78 is 29.9. The fraction of sp³-hybridized carbons (Fsp3) is 0.273. The predicted octanol–water partition coefficient (Wildman–Crippen LogP) is 3.53. The Morgan fingerprint density at radius 1 is 1.13 bits per heavy atom. The second-order valence-corrected chi connectivity index (χ2v) is 9.82. The van der Waals surface area contributed by atoms with Crippen LogP contribution in [-0.4, -0.2) is 45.1 Å². The molecule has 0 saturated carbocycles. The summed E-state index contributed by atoms with van der Waals surface area (Å²) in [5.74, 6) is 0.240. The van der Waals surface area contributed by atoms with Gasteiger partial charge in [0, 0.05) is 30.9 Å². The van der Waals surface area contributed by atoms with Gasteiger partial charge in [-0.2, -0.15) is 9.40 Å². The minimum Gasteiger partial charge on any atom is -0.330 e. The molecule has 0 radical (unpaired) electrons. The Hall–Kier alpha value is -2.97. The number of nitrogens with zero attached hydrogens (tertiary/aromatic N) is 4. The minimum absolute atomic E-state index is 0.0253. The fourth-order valence-electron chi connectivity index (χ4n) is 4.38. The van der Waals surface area contributed by atoms with Crippen molar-refractivity contribution in [2.75, 3.05) is 6.54 Å². The van der Waals surface area contributed by atoms with Gasteiger partial charge in [-0.1, -0.05) is 24.3 Å². The fourth-order valence-corrected chi connectivity index (χ4v) is 6.12. The highest BCUT2D eigenvalue weighted by Crippen LogP contribution is 2.31.